The Hall–Kier alpha value is 0.259. The number of aryl methyl sites for hydroxylation is 1. The van der Waals surface area contributed by atoms with Gasteiger partial charge in [-0.2, -0.15) is 0 Å². The van der Waals surface area contributed by atoms with Gasteiger partial charge in [-0.05, 0) is 0 Å². The molecule has 76 valence electrons. The van der Waals surface area contributed by atoms with E-state index < -0.39 is 0 Å². The predicted molar refractivity (Wildman–Crippen MR) is 65.7 cm³/mol. The maximum absolute atomic E-state index is 2.47. The van der Waals surface area contributed by atoms with Crippen LogP contribution in [0.5, 0.6) is 0 Å². The average molecular weight is 318 g/mol. The molecule has 0 bridgehead atoms. The van der Waals surface area contributed by atoms with Gasteiger partial charge in [0.25, 0.3) is 0 Å². The molecule has 2 aromatic rings. The summed E-state index contributed by atoms with van der Waals surface area (Å²) in [6.07, 6.45) is 6.96. The molecule has 2 aromatic heterocycles. The van der Waals surface area contributed by atoms with E-state index in [4.69, 9.17) is 0 Å². The maximum atomic E-state index is 2.47. The number of unbranched alkanes of at least 4 members (excludes halogenated alkanes) is 3. The molecule has 0 aromatic carbocycles. The fourth-order valence-corrected chi connectivity index (χ4v) is 6.68. The molecule has 0 saturated heterocycles. The van der Waals surface area contributed by atoms with Crippen molar-refractivity contribution in [3.63, 3.8) is 0 Å². The van der Waals surface area contributed by atoms with Gasteiger partial charge in [-0.15, -0.1) is 0 Å². The van der Waals surface area contributed by atoms with E-state index in [0.29, 0.717) is 29.0 Å². The summed E-state index contributed by atoms with van der Waals surface area (Å²) >= 11 is 1.40. The van der Waals surface area contributed by atoms with Crippen molar-refractivity contribution in [2.24, 2.45) is 0 Å². The number of hydrogen-bond donors (Lipinski definition) is 0. The molecule has 0 aliphatic carbocycles. The van der Waals surface area contributed by atoms with E-state index in [1.807, 2.05) is 0 Å². The molecule has 0 atom stereocenters. The second-order valence-electron chi connectivity index (χ2n) is 3.71. The Bertz CT molecular complexity index is 355. The van der Waals surface area contributed by atoms with Gasteiger partial charge in [0.05, 0.1) is 0 Å². The summed E-state index contributed by atoms with van der Waals surface area (Å²) in [5.41, 5.74) is 0. The van der Waals surface area contributed by atoms with E-state index >= 15 is 0 Å². The second-order valence-corrected chi connectivity index (χ2v) is 7.73. The molecule has 0 spiro atoms. The van der Waals surface area contributed by atoms with Gasteiger partial charge < -0.3 is 0 Å². The molecule has 0 radical (unpaired) electrons. The third kappa shape index (κ3) is 2.64. The molecule has 0 N–H and O–H groups in total. The zero-order valence-corrected chi connectivity index (χ0v) is 12.0. The molecular formula is C12H16Se2. The van der Waals surface area contributed by atoms with Gasteiger partial charge in [-0.3, -0.25) is 0 Å². The summed E-state index contributed by atoms with van der Waals surface area (Å²) in [6.45, 7) is 2.28. The molecule has 0 aliphatic heterocycles. The molecule has 0 unspecified atom stereocenters. The van der Waals surface area contributed by atoms with E-state index in [2.05, 4.69) is 22.9 Å². The van der Waals surface area contributed by atoms with Crippen LogP contribution in [0.15, 0.2) is 15.9 Å². The molecule has 14 heavy (non-hydrogen) atoms. The zero-order chi connectivity index (χ0) is 9.80. The number of hydrogen-bond acceptors (Lipinski definition) is 0. The first-order valence-corrected chi connectivity index (χ1v) is 9.04. The predicted octanol–water partition coefficient (Wildman–Crippen LogP) is 3.08. The topological polar surface area (TPSA) is 0 Å². The van der Waals surface area contributed by atoms with E-state index in [0.717, 1.165) is 0 Å². The third-order valence-corrected chi connectivity index (χ3v) is 7.27. The van der Waals surface area contributed by atoms with E-state index in [9.17, 15) is 0 Å². The van der Waals surface area contributed by atoms with Crippen LogP contribution in [0.3, 0.4) is 0 Å². The van der Waals surface area contributed by atoms with Crippen LogP contribution in [0, 0.1) is 0 Å². The molecule has 2 heterocycles. The second kappa shape index (κ2) is 5.37. The summed E-state index contributed by atoms with van der Waals surface area (Å²) in [7, 11) is 0. The van der Waals surface area contributed by atoms with E-state index in [1.165, 1.54) is 32.1 Å². The standard InChI is InChI=1S/C12H16Se2/c1-2-3-4-5-6-11-7-10-8-13-9-12(10)14-11/h7-9H,2-6H2,1H3. The van der Waals surface area contributed by atoms with Crippen molar-refractivity contribution in [3.05, 3.63) is 20.4 Å². The zero-order valence-electron chi connectivity index (χ0n) is 8.58. The van der Waals surface area contributed by atoms with Crippen LogP contribution >= 0.6 is 0 Å². The minimum absolute atomic E-state index is 0.691. The van der Waals surface area contributed by atoms with Crippen molar-refractivity contribution >= 4 is 38.7 Å². The molecule has 0 fully saturated rings. The molecule has 2 rings (SSSR count). The summed E-state index contributed by atoms with van der Waals surface area (Å²) in [5, 5.41) is 1.58. The minimum atomic E-state index is 0.691. The van der Waals surface area contributed by atoms with Crippen molar-refractivity contribution < 1.29 is 0 Å². The summed E-state index contributed by atoms with van der Waals surface area (Å²) in [6, 6.07) is 2.46. The Balaban J connectivity index is 1.89. The monoisotopic (exact) mass is 320 g/mol. The first-order valence-electron chi connectivity index (χ1n) is 5.35. The third-order valence-electron chi connectivity index (χ3n) is 2.49. The number of rotatable bonds is 5. The molecule has 0 nitrogen and oxygen atoms in total. The van der Waals surface area contributed by atoms with Crippen molar-refractivity contribution in [2.75, 3.05) is 0 Å². The van der Waals surface area contributed by atoms with Crippen LogP contribution in [-0.4, -0.2) is 29.0 Å². The Morgan fingerprint density at radius 2 is 2.07 bits per heavy atom. The fraction of sp³-hybridized carbons (Fsp3) is 0.500. The molecule has 2 heteroatoms. The van der Waals surface area contributed by atoms with Gasteiger partial charge in [-0.25, -0.2) is 0 Å². The SMILES string of the molecule is CCCCCCc1cc2c[se]cc2[se]1. The van der Waals surface area contributed by atoms with Gasteiger partial charge in [-0.1, -0.05) is 0 Å². The molecular weight excluding hydrogens is 302 g/mol. The van der Waals surface area contributed by atoms with Crippen molar-refractivity contribution in [1.82, 2.24) is 0 Å². The van der Waals surface area contributed by atoms with Crippen LogP contribution in [0.2, 0.25) is 0 Å². The Morgan fingerprint density at radius 3 is 2.86 bits per heavy atom. The van der Waals surface area contributed by atoms with Crippen LogP contribution in [0.4, 0.5) is 0 Å². The normalized spacial score (nSPS) is 11.2. The first kappa shape index (κ1) is 10.8. The molecule has 0 amide bonds. The van der Waals surface area contributed by atoms with Gasteiger partial charge in [0.15, 0.2) is 0 Å². The Labute approximate surface area is 97.8 Å². The first-order chi connectivity index (χ1) is 6.90. The number of fused-ring (bicyclic) bond motifs is 1. The summed E-state index contributed by atoms with van der Waals surface area (Å²) in [4.78, 5) is 4.90. The van der Waals surface area contributed by atoms with Gasteiger partial charge >= 0.3 is 98.1 Å². The quantitative estimate of drug-likeness (QED) is 0.587. The van der Waals surface area contributed by atoms with Gasteiger partial charge in [0, 0.05) is 0 Å². The van der Waals surface area contributed by atoms with Crippen LogP contribution in [-0.2, 0) is 6.42 Å². The van der Waals surface area contributed by atoms with Gasteiger partial charge in [0.2, 0.25) is 0 Å². The Kier molecular flexibility index (Phi) is 4.13. The van der Waals surface area contributed by atoms with E-state index in [1.54, 1.807) is 14.1 Å². The van der Waals surface area contributed by atoms with Crippen LogP contribution < -0.4 is 0 Å². The van der Waals surface area contributed by atoms with Crippen LogP contribution in [0.25, 0.3) is 9.65 Å². The van der Waals surface area contributed by atoms with E-state index in [-0.39, 0.29) is 0 Å². The Morgan fingerprint density at radius 1 is 1.14 bits per heavy atom. The average Bonchev–Trinajstić information content (AvgIpc) is 2.72. The van der Waals surface area contributed by atoms with Gasteiger partial charge in [0.1, 0.15) is 0 Å². The summed E-state index contributed by atoms with van der Waals surface area (Å²) in [5.74, 6) is 0. The van der Waals surface area contributed by atoms with Crippen molar-refractivity contribution in [1.29, 1.82) is 0 Å². The molecule has 0 aliphatic rings. The van der Waals surface area contributed by atoms with Crippen LogP contribution in [0.1, 0.15) is 37.0 Å². The van der Waals surface area contributed by atoms with Crippen molar-refractivity contribution in [3.8, 4) is 0 Å². The summed E-state index contributed by atoms with van der Waals surface area (Å²) < 4.78 is 3.42. The fourth-order valence-electron chi connectivity index (χ4n) is 1.68. The van der Waals surface area contributed by atoms with Crippen molar-refractivity contribution in [2.45, 2.75) is 39.0 Å². The molecule has 0 saturated carbocycles.